The maximum atomic E-state index is 5.87. The molecule has 0 radical (unpaired) electrons. The van der Waals surface area contributed by atoms with Crippen LogP contribution in [0, 0.1) is 6.92 Å². The van der Waals surface area contributed by atoms with E-state index in [-0.39, 0.29) is 6.10 Å². The van der Waals surface area contributed by atoms with E-state index in [4.69, 9.17) is 16.3 Å². The number of halogens is 1. The molecule has 0 saturated heterocycles. The van der Waals surface area contributed by atoms with Gasteiger partial charge in [-0.25, -0.2) is 0 Å². The molecular weight excluding hydrogens is 244 g/mol. The van der Waals surface area contributed by atoms with Gasteiger partial charge in [0.2, 0.25) is 0 Å². The first-order chi connectivity index (χ1) is 8.81. The summed E-state index contributed by atoms with van der Waals surface area (Å²) in [4.78, 5) is 0. The molecular formula is C16H17ClO. The fraction of sp³-hybridized carbons (Fsp3) is 0.250. The van der Waals surface area contributed by atoms with Crippen LogP contribution < -0.4 is 0 Å². The Bertz CT molecular complexity index is 464. The summed E-state index contributed by atoms with van der Waals surface area (Å²) >= 11 is 5.72. The van der Waals surface area contributed by atoms with Crippen LogP contribution in [0.1, 0.15) is 22.8 Å². The Morgan fingerprint density at radius 1 is 0.944 bits per heavy atom. The van der Waals surface area contributed by atoms with E-state index >= 15 is 0 Å². The lowest BCUT2D eigenvalue weighted by atomic mass is 10.0. The van der Waals surface area contributed by atoms with Crippen LogP contribution in [0.15, 0.2) is 54.6 Å². The van der Waals surface area contributed by atoms with E-state index in [0.29, 0.717) is 12.5 Å². The standard InChI is InChI=1S/C16H17ClO/c1-13-7-9-15(10-8-13)16(18-12-11-17)14-5-3-2-4-6-14/h2-10,16H,11-12H2,1H3. The number of benzene rings is 2. The molecule has 1 nitrogen and oxygen atoms in total. The van der Waals surface area contributed by atoms with Gasteiger partial charge in [0.1, 0.15) is 6.10 Å². The SMILES string of the molecule is Cc1ccc(C(OCCCl)c2ccccc2)cc1. The van der Waals surface area contributed by atoms with Crippen LogP contribution >= 0.6 is 11.6 Å². The molecule has 0 heterocycles. The molecule has 0 aliphatic rings. The third kappa shape index (κ3) is 3.34. The van der Waals surface area contributed by atoms with Gasteiger partial charge < -0.3 is 4.74 Å². The van der Waals surface area contributed by atoms with Crippen molar-refractivity contribution in [2.45, 2.75) is 13.0 Å². The van der Waals surface area contributed by atoms with E-state index in [1.54, 1.807) is 0 Å². The average Bonchev–Trinajstić information content (AvgIpc) is 2.42. The first-order valence-corrected chi connectivity index (χ1v) is 6.64. The number of hydrogen-bond acceptors (Lipinski definition) is 1. The Labute approximate surface area is 113 Å². The van der Waals surface area contributed by atoms with E-state index in [1.807, 2.05) is 18.2 Å². The van der Waals surface area contributed by atoms with Gasteiger partial charge in [-0.3, -0.25) is 0 Å². The van der Waals surface area contributed by atoms with E-state index in [0.717, 1.165) is 11.1 Å². The zero-order valence-corrected chi connectivity index (χ0v) is 11.2. The lowest BCUT2D eigenvalue weighted by molar-refractivity contribution is 0.0929. The van der Waals surface area contributed by atoms with Crippen molar-refractivity contribution in [3.63, 3.8) is 0 Å². The normalized spacial score (nSPS) is 12.3. The van der Waals surface area contributed by atoms with E-state index in [1.165, 1.54) is 5.56 Å². The molecule has 18 heavy (non-hydrogen) atoms. The number of aryl methyl sites for hydroxylation is 1. The minimum absolute atomic E-state index is 0.0365. The van der Waals surface area contributed by atoms with Crippen LogP contribution in [0.25, 0.3) is 0 Å². The van der Waals surface area contributed by atoms with Crippen molar-refractivity contribution in [3.05, 3.63) is 71.3 Å². The molecule has 1 atom stereocenters. The van der Waals surface area contributed by atoms with Gasteiger partial charge >= 0.3 is 0 Å². The molecule has 2 aromatic rings. The van der Waals surface area contributed by atoms with Crippen molar-refractivity contribution < 1.29 is 4.74 Å². The van der Waals surface area contributed by atoms with Gasteiger partial charge in [0.05, 0.1) is 6.61 Å². The highest BCUT2D eigenvalue weighted by atomic mass is 35.5. The summed E-state index contributed by atoms with van der Waals surface area (Å²) < 4.78 is 5.87. The van der Waals surface area contributed by atoms with Gasteiger partial charge in [0.15, 0.2) is 0 Å². The lowest BCUT2D eigenvalue weighted by Gasteiger charge is -2.18. The lowest BCUT2D eigenvalue weighted by Crippen LogP contribution is -2.08. The molecule has 0 saturated carbocycles. The maximum absolute atomic E-state index is 5.87. The summed E-state index contributed by atoms with van der Waals surface area (Å²) in [5.74, 6) is 0.509. The first-order valence-electron chi connectivity index (χ1n) is 6.10. The molecule has 2 aromatic carbocycles. The zero-order valence-electron chi connectivity index (χ0n) is 10.5. The third-order valence-corrected chi connectivity index (χ3v) is 3.00. The predicted molar refractivity (Wildman–Crippen MR) is 76.1 cm³/mol. The Kier molecular flexibility index (Phi) is 4.80. The number of rotatable bonds is 5. The smallest absolute Gasteiger partial charge is 0.108 e. The minimum atomic E-state index is -0.0365. The molecule has 0 bridgehead atoms. The predicted octanol–water partition coefficient (Wildman–Crippen LogP) is 4.34. The van der Waals surface area contributed by atoms with E-state index in [9.17, 15) is 0 Å². The monoisotopic (exact) mass is 260 g/mol. The molecule has 0 N–H and O–H groups in total. The van der Waals surface area contributed by atoms with Gasteiger partial charge in [0.25, 0.3) is 0 Å². The van der Waals surface area contributed by atoms with Crippen molar-refractivity contribution in [1.29, 1.82) is 0 Å². The van der Waals surface area contributed by atoms with Gasteiger partial charge in [-0.2, -0.15) is 0 Å². The summed E-state index contributed by atoms with van der Waals surface area (Å²) in [6, 6.07) is 18.7. The van der Waals surface area contributed by atoms with Gasteiger partial charge in [-0.1, -0.05) is 60.2 Å². The van der Waals surface area contributed by atoms with Crippen molar-refractivity contribution in [2.75, 3.05) is 12.5 Å². The Morgan fingerprint density at radius 3 is 2.17 bits per heavy atom. The number of alkyl halides is 1. The number of ether oxygens (including phenoxy) is 1. The summed E-state index contributed by atoms with van der Waals surface area (Å²) in [5, 5.41) is 0. The summed E-state index contributed by atoms with van der Waals surface area (Å²) in [6.45, 7) is 2.63. The average molecular weight is 261 g/mol. The molecule has 0 aliphatic carbocycles. The highest BCUT2D eigenvalue weighted by Gasteiger charge is 2.13. The Hall–Kier alpha value is -1.31. The number of hydrogen-bond donors (Lipinski definition) is 0. The van der Waals surface area contributed by atoms with Crippen LogP contribution in [0.5, 0.6) is 0 Å². The van der Waals surface area contributed by atoms with E-state index in [2.05, 4.69) is 43.3 Å². The first kappa shape index (κ1) is 13.1. The molecule has 94 valence electrons. The van der Waals surface area contributed by atoms with Crippen LogP contribution in [-0.4, -0.2) is 12.5 Å². The van der Waals surface area contributed by atoms with Crippen LogP contribution in [-0.2, 0) is 4.74 Å². The largest absolute Gasteiger partial charge is 0.368 e. The van der Waals surface area contributed by atoms with Crippen LogP contribution in [0.4, 0.5) is 0 Å². The molecule has 0 spiro atoms. The molecule has 2 heteroatoms. The zero-order chi connectivity index (χ0) is 12.8. The molecule has 0 aromatic heterocycles. The topological polar surface area (TPSA) is 9.23 Å². The van der Waals surface area contributed by atoms with Crippen molar-refractivity contribution >= 4 is 11.6 Å². The Morgan fingerprint density at radius 2 is 1.56 bits per heavy atom. The molecule has 0 aliphatic heterocycles. The summed E-state index contributed by atoms with van der Waals surface area (Å²) in [7, 11) is 0. The quantitative estimate of drug-likeness (QED) is 0.727. The van der Waals surface area contributed by atoms with Gasteiger partial charge in [-0.05, 0) is 18.1 Å². The fourth-order valence-electron chi connectivity index (χ4n) is 1.92. The molecule has 0 amide bonds. The van der Waals surface area contributed by atoms with Crippen molar-refractivity contribution in [1.82, 2.24) is 0 Å². The van der Waals surface area contributed by atoms with Gasteiger partial charge in [0, 0.05) is 5.88 Å². The maximum Gasteiger partial charge on any atom is 0.108 e. The molecule has 2 rings (SSSR count). The fourth-order valence-corrected chi connectivity index (χ4v) is 2.01. The van der Waals surface area contributed by atoms with Crippen LogP contribution in [0.3, 0.4) is 0 Å². The van der Waals surface area contributed by atoms with Crippen molar-refractivity contribution in [2.24, 2.45) is 0 Å². The van der Waals surface area contributed by atoms with E-state index < -0.39 is 0 Å². The minimum Gasteiger partial charge on any atom is -0.368 e. The summed E-state index contributed by atoms with van der Waals surface area (Å²) in [5.41, 5.74) is 3.58. The Balaban J connectivity index is 2.27. The highest BCUT2D eigenvalue weighted by molar-refractivity contribution is 6.17. The highest BCUT2D eigenvalue weighted by Crippen LogP contribution is 2.26. The van der Waals surface area contributed by atoms with Crippen molar-refractivity contribution in [3.8, 4) is 0 Å². The van der Waals surface area contributed by atoms with Crippen LogP contribution in [0.2, 0.25) is 0 Å². The molecule has 0 fully saturated rings. The second-order valence-electron chi connectivity index (χ2n) is 4.26. The third-order valence-electron chi connectivity index (χ3n) is 2.84. The molecule has 1 unspecified atom stereocenters. The second-order valence-corrected chi connectivity index (χ2v) is 4.64. The summed E-state index contributed by atoms with van der Waals surface area (Å²) in [6.07, 6.45) is -0.0365. The van der Waals surface area contributed by atoms with Gasteiger partial charge in [-0.15, -0.1) is 11.6 Å². The second kappa shape index (κ2) is 6.58.